The Morgan fingerprint density at radius 3 is 1.33 bits per heavy atom. The average molecular weight is 837 g/mol. The van der Waals surface area contributed by atoms with Crippen molar-refractivity contribution in [1.29, 1.82) is 0 Å². The van der Waals surface area contributed by atoms with Gasteiger partial charge >= 0.3 is 0 Å². The summed E-state index contributed by atoms with van der Waals surface area (Å²) in [7, 11) is -4.12. The van der Waals surface area contributed by atoms with E-state index in [2.05, 4.69) is 177 Å². The van der Waals surface area contributed by atoms with Gasteiger partial charge in [-0.15, -0.1) is 22.9 Å². The average Bonchev–Trinajstić information content (AvgIpc) is 3.01. The molecule has 3 rings (SSSR count). The van der Waals surface area contributed by atoms with E-state index in [-0.39, 0.29) is 24.0 Å². The second kappa shape index (κ2) is 20.9. The summed E-state index contributed by atoms with van der Waals surface area (Å²) in [6.07, 6.45) is 5.64. The van der Waals surface area contributed by atoms with Crippen LogP contribution in [0.25, 0.3) is 0 Å². The van der Waals surface area contributed by atoms with Gasteiger partial charge in [-0.2, -0.15) is 0 Å². The monoisotopic (exact) mass is 836 g/mol. The fraction of sp³-hybridized carbons (Fsp3) is 0.405. The molecule has 42 heavy (non-hydrogen) atoms. The highest BCUT2D eigenvalue weighted by Crippen LogP contribution is 2.55. The molecule has 0 aromatic heterocycles. The largest absolute Gasteiger partial charge is 1.00 e. The van der Waals surface area contributed by atoms with Crippen LogP contribution in [-0.4, -0.2) is 26.7 Å². The van der Waals surface area contributed by atoms with E-state index in [1.165, 1.54) is 44.9 Å². The molecule has 0 nitrogen and oxygen atoms in total. The van der Waals surface area contributed by atoms with E-state index in [9.17, 15) is 0 Å². The van der Waals surface area contributed by atoms with Crippen molar-refractivity contribution in [2.24, 2.45) is 0 Å². The molecule has 0 heterocycles. The minimum Gasteiger partial charge on any atom is -1.00 e. The molecule has 0 saturated heterocycles. The highest BCUT2D eigenvalue weighted by atomic mass is 127. The van der Waals surface area contributed by atoms with Crippen molar-refractivity contribution >= 4 is 61.9 Å². The van der Waals surface area contributed by atoms with Gasteiger partial charge < -0.3 is 24.0 Å². The third-order valence-electron chi connectivity index (χ3n) is 7.67. The second-order valence-corrected chi connectivity index (χ2v) is 26.0. The van der Waals surface area contributed by atoms with Gasteiger partial charge in [-0.3, -0.25) is 0 Å². The van der Waals surface area contributed by atoms with Crippen LogP contribution in [-0.2, 0) is 0 Å². The summed E-state index contributed by atoms with van der Waals surface area (Å²) in [6, 6.07) is 37.4. The van der Waals surface area contributed by atoms with Crippen LogP contribution in [0, 0.1) is 22.9 Å². The quantitative estimate of drug-likeness (QED) is 0.0493. The minimum absolute atomic E-state index is 0. The summed E-state index contributed by atoms with van der Waals surface area (Å²) in [5.74, 6) is 6.87. The van der Waals surface area contributed by atoms with Crippen molar-refractivity contribution in [2.75, 3.05) is 10.6 Å². The number of rotatable bonds is 11. The maximum absolute atomic E-state index is 3.60. The molecular weight excluding hydrogens is 785 g/mol. The lowest BCUT2D eigenvalue weighted by molar-refractivity contribution is -0.00000859. The van der Waals surface area contributed by atoms with Crippen LogP contribution in [0.5, 0.6) is 0 Å². The van der Waals surface area contributed by atoms with E-state index in [0.717, 1.165) is 25.4 Å². The smallest absolute Gasteiger partial charge is 0.137 e. The fourth-order valence-electron chi connectivity index (χ4n) is 5.03. The Bertz CT molecular complexity index is 1140. The number of halogens is 2. The van der Waals surface area contributed by atoms with E-state index < -0.39 is 23.4 Å². The zero-order valence-electron chi connectivity index (χ0n) is 26.7. The number of benzene rings is 3. The summed E-state index contributed by atoms with van der Waals surface area (Å²) < 4.78 is 1.24. The Morgan fingerprint density at radius 2 is 0.976 bits per heavy atom. The molecule has 0 amide bonds. The van der Waals surface area contributed by atoms with Gasteiger partial charge in [0.2, 0.25) is 0 Å². The molecule has 0 unspecified atom stereocenters. The van der Waals surface area contributed by atoms with Gasteiger partial charge in [-0.1, -0.05) is 118 Å². The molecule has 0 spiro atoms. The predicted octanol–water partition coefficient (Wildman–Crippen LogP) is 6.90. The van der Waals surface area contributed by atoms with Gasteiger partial charge in [0.1, 0.15) is 39.3 Å². The van der Waals surface area contributed by atoms with Gasteiger partial charge in [-0.25, -0.2) is 0 Å². The molecule has 226 valence electrons. The zero-order chi connectivity index (χ0) is 30.0. The molecule has 0 aliphatic heterocycles. The van der Waals surface area contributed by atoms with Crippen molar-refractivity contribution in [3.63, 3.8) is 0 Å². The molecule has 0 fully saturated rings. The predicted molar refractivity (Wildman–Crippen MR) is 203 cm³/mol. The highest BCUT2D eigenvalue weighted by Gasteiger charge is 2.44. The molecule has 0 aliphatic rings. The molecule has 0 atom stereocenters. The van der Waals surface area contributed by atoms with Crippen molar-refractivity contribution in [2.45, 2.75) is 84.2 Å². The molecule has 3 aromatic carbocycles. The molecule has 5 heteroatoms. The third-order valence-corrected chi connectivity index (χ3v) is 18.7. The fourth-order valence-corrected chi connectivity index (χ4v) is 12.9. The van der Waals surface area contributed by atoms with Crippen LogP contribution in [0.2, 0.25) is 37.8 Å². The topological polar surface area (TPSA) is 0 Å². The normalized spacial score (nSPS) is 11.0. The van der Waals surface area contributed by atoms with Gasteiger partial charge in [0.15, 0.2) is 0 Å². The van der Waals surface area contributed by atoms with E-state index >= 15 is 0 Å². The summed E-state index contributed by atoms with van der Waals surface area (Å²) in [5, 5.41) is 4.39. The molecular formula is C37H51I2PSi2. The highest BCUT2D eigenvalue weighted by molar-refractivity contribution is 14.1. The Hall–Kier alpha value is -0.896. The summed E-state index contributed by atoms with van der Waals surface area (Å²) in [4.78, 5) is 0. The van der Waals surface area contributed by atoms with Crippen LogP contribution < -0.4 is 39.9 Å². The Morgan fingerprint density at radius 1 is 0.595 bits per heavy atom. The van der Waals surface area contributed by atoms with E-state index in [4.69, 9.17) is 0 Å². The van der Waals surface area contributed by atoms with E-state index in [1.54, 1.807) is 0 Å². The van der Waals surface area contributed by atoms with Crippen LogP contribution >= 0.6 is 29.9 Å². The lowest BCUT2D eigenvalue weighted by Gasteiger charge is -2.27. The number of hydrogen-bond acceptors (Lipinski definition) is 0. The molecule has 0 saturated carbocycles. The van der Waals surface area contributed by atoms with Crippen LogP contribution in [0.3, 0.4) is 0 Å². The first-order valence-electron chi connectivity index (χ1n) is 15.4. The van der Waals surface area contributed by atoms with Crippen molar-refractivity contribution in [1.82, 2.24) is 0 Å². The van der Waals surface area contributed by atoms with E-state index in [0.29, 0.717) is 0 Å². The standard InChI is InChI=1S/C26H30PSi.C11H21ISi.HI/c1-28(2,3)23-15-7-14-22-27(24-16-8-4-9-17-24,25-18-10-5-11-19-25)26-20-12-6-13-21-26;1-4-13(5-2,6-3)11-9-7-8-10-12;/h4-6,8-13,16-21H,7,14,22H2,1-3H3;4-8,10H2,1-3H3;1H/q+1;;/p-1. The Kier molecular flexibility index (Phi) is 19.5. The lowest BCUT2D eigenvalue weighted by Crippen LogP contribution is -3.00. The first kappa shape index (κ1) is 39.1. The molecule has 0 aliphatic carbocycles. The zero-order valence-corrected chi connectivity index (χ0v) is 33.9. The first-order chi connectivity index (χ1) is 19.8. The molecule has 0 radical (unpaired) electrons. The number of hydrogen-bond donors (Lipinski definition) is 0. The number of alkyl halides is 1. The second-order valence-electron chi connectivity index (χ2n) is 11.6. The summed E-state index contributed by atoms with van der Waals surface area (Å²) >= 11 is 2.42. The van der Waals surface area contributed by atoms with Crippen LogP contribution in [0.1, 0.15) is 46.5 Å². The maximum atomic E-state index is 3.60. The van der Waals surface area contributed by atoms with E-state index in [1.807, 2.05) is 0 Å². The minimum atomic E-state index is -1.69. The first-order valence-corrected chi connectivity index (χ1v) is 25.0. The van der Waals surface area contributed by atoms with Crippen LogP contribution in [0.15, 0.2) is 91.0 Å². The van der Waals surface area contributed by atoms with Gasteiger partial charge in [0.05, 0.1) is 6.16 Å². The number of unbranched alkanes of at least 4 members (excludes halogenated alkanes) is 2. The molecule has 0 N–H and O–H groups in total. The third kappa shape index (κ3) is 12.6. The Balaban J connectivity index is 0.000000537. The summed E-state index contributed by atoms with van der Waals surface area (Å²) in [6.45, 7) is 13.9. The van der Waals surface area contributed by atoms with Gasteiger partial charge in [0, 0.05) is 17.3 Å². The maximum Gasteiger partial charge on any atom is 0.137 e. The van der Waals surface area contributed by atoms with Gasteiger partial charge in [0.25, 0.3) is 0 Å². The molecule has 3 aromatic rings. The molecule has 0 bridgehead atoms. The van der Waals surface area contributed by atoms with Crippen molar-refractivity contribution < 1.29 is 24.0 Å². The van der Waals surface area contributed by atoms with Crippen molar-refractivity contribution in [3.05, 3.63) is 91.0 Å². The van der Waals surface area contributed by atoms with Crippen molar-refractivity contribution in [3.8, 4) is 22.9 Å². The SMILES string of the molecule is CC[Si](C#CCCCI)(CC)CC.C[Si](C)(C)C#CCCC[P+](c1ccccc1)(c1ccccc1)c1ccccc1.[I-]. The summed E-state index contributed by atoms with van der Waals surface area (Å²) in [5.41, 5.74) is 7.13. The van der Waals surface area contributed by atoms with Gasteiger partial charge in [-0.05, 0) is 67.4 Å². The van der Waals surface area contributed by atoms with Crippen LogP contribution in [0.4, 0.5) is 0 Å². The Labute approximate surface area is 292 Å². The lowest BCUT2D eigenvalue weighted by atomic mass is 10.3.